The number of nitriles is 1. The van der Waals surface area contributed by atoms with Gasteiger partial charge >= 0.3 is 12.1 Å². The summed E-state index contributed by atoms with van der Waals surface area (Å²) >= 11 is 0. The lowest BCUT2D eigenvalue weighted by atomic mass is 10.0. The fourth-order valence-electron chi connectivity index (χ4n) is 7.14. The van der Waals surface area contributed by atoms with Gasteiger partial charge in [0.15, 0.2) is 0 Å². The van der Waals surface area contributed by atoms with Crippen molar-refractivity contribution in [3.63, 3.8) is 0 Å². The van der Waals surface area contributed by atoms with Crippen molar-refractivity contribution in [1.29, 1.82) is 5.26 Å². The molecule has 0 spiro atoms. The molecule has 46 heavy (non-hydrogen) atoms. The molecule has 0 saturated carbocycles. The van der Waals surface area contributed by atoms with Crippen LogP contribution in [0.3, 0.4) is 0 Å². The molecule has 3 aliphatic rings. The number of fused-ring (bicyclic) bond motifs is 2. The van der Waals surface area contributed by atoms with E-state index in [1.807, 2.05) is 20.8 Å². The summed E-state index contributed by atoms with van der Waals surface area (Å²) in [6, 6.07) is 15.8. The van der Waals surface area contributed by atoms with Crippen molar-refractivity contribution in [2.45, 2.75) is 77.5 Å². The Kier molecular flexibility index (Phi) is 9.23. The van der Waals surface area contributed by atoms with Crippen LogP contribution in [0.4, 0.5) is 16.3 Å². The van der Waals surface area contributed by atoms with E-state index in [0.717, 1.165) is 56.0 Å². The first kappa shape index (κ1) is 31.9. The van der Waals surface area contributed by atoms with Crippen molar-refractivity contribution in [2.24, 2.45) is 0 Å². The first-order valence-corrected chi connectivity index (χ1v) is 16.7. The van der Waals surface area contributed by atoms with Gasteiger partial charge in [0.2, 0.25) is 0 Å². The highest BCUT2D eigenvalue weighted by Crippen LogP contribution is 2.34. The molecule has 0 unspecified atom stereocenters. The molecule has 0 radical (unpaired) electrons. The Hall–Kier alpha value is -4.10. The largest absolute Gasteiger partial charge is 0.462 e. The van der Waals surface area contributed by atoms with E-state index in [2.05, 4.69) is 71.1 Å². The molecule has 2 fully saturated rings. The number of aryl methyl sites for hydroxylation is 1. The minimum atomic E-state index is -0.608. The number of carbonyl (C=O) groups is 1. The van der Waals surface area contributed by atoms with Crippen LogP contribution in [0.15, 0.2) is 36.4 Å². The molecule has 10 nitrogen and oxygen atoms in total. The van der Waals surface area contributed by atoms with Gasteiger partial charge in [0.25, 0.3) is 0 Å². The highest BCUT2D eigenvalue weighted by molar-refractivity contribution is 5.97. The van der Waals surface area contributed by atoms with Crippen LogP contribution < -0.4 is 14.5 Å². The van der Waals surface area contributed by atoms with E-state index in [0.29, 0.717) is 38.3 Å². The van der Waals surface area contributed by atoms with Crippen molar-refractivity contribution in [1.82, 2.24) is 19.8 Å². The first-order valence-electron chi connectivity index (χ1n) is 16.7. The Morgan fingerprint density at radius 2 is 1.78 bits per heavy atom. The van der Waals surface area contributed by atoms with Gasteiger partial charge < -0.3 is 29.1 Å². The maximum atomic E-state index is 13.1. The lowest BCUT2D eigenvalue weighted by Gasteiger charge is -2.42. The van der Waals surface area contributed by atoms with Crippen LogP contribution in [0.2, 0.25) is 0 Å². The average Bonchev–Trinajstić information content (AvgIpc) is 3.31. The number of piperazine rings is 1. The Balaban J connectivity index is 1.30. The molecule has 2 aromatic carbocycles. The fourth-order valence-corrected chi connectivity index (χ4v) is 7.14. The predicted molar refractivity (Wildman–Crippen MR) is 181 cm³/mol. The second-order valence-electron chi connectivity index (χ2n) is 13.9. The SMILES string of the molecule is Cc1cccc2cccc(N3CCc4nc(OC[C@@H]5CCCN5C)nc(N5CCN(C(=O)OC(C)(C)C)[C@H](CC#N)C5)c4CC3)c12. The Morgan fingerprint density at radius 1 is 1.00 bits per heavy atom. The number of benzene rings is 2. The lowest BCUT2D eigenvalue weighted by Crippen LogP contribution is -2.56. The number of likely N-dealkylation sites (N-methyl/N-ethyl adjacent to an activating group) is 1. The molecule has 3 aromatic rings. The summed E-state index contributed by atoms with van der Waals surface area (Å²) in [6.07, 6.45) is 3.68. The van der Waals surface area contributed by atoms with Gasteiger partial charge in [-0.25, -0.2) is 4.79 Å². The molecule has 2 atom stereocenters. The van der Waals surface area contributed by atoms with Crippen LogP contribution in [0, 0.1) is 18.3 Å². The van der Waals surface area contributed by atoms with Gasteiger partial charge in [-0.2, -0.15) is 15.2 Å². The van der Waals surface area contributed by atoms with E-state index in [1.54, 1.807) is 4.90 Å². The predicted octanol–water partition coefficient (Wildman–Crippen LogP) is 5.36. The molecule has 10 heteroatoms. The minimum Gasteiger partial charge on any atom is -0.462 e. The molecule has 3 aliphatic heterocycles. The second-order valence-corrected chi connectivity index (χ2v) is 13.9. The monoisotopic (exact) mass is 625 g/mol. The van der Waals surface area contributed by atoms with Crippen molar-refractivity contribution in [2.75, 3.05) is 62.7 Å². The number of ether oxygens (including phenoxy) is 2. The molecule has 1 aromatic heterocycles. The van der Waals surface area contributed by atoms with Crippen molar-refractivity contribution < 1.29 is 14.3 Å². The second kappa shape index (κ2) is 13.3. The Morgan fingerprint density at radius 3 is 2.52 bits per heavy atom. The van der Waals surface area contributed by atoms with E-state index in [-0.39, 0.29) is 18.6 Å². The average molecular weight is 626 g/mol. The van der Waals surface area contributed by atoms with Gasteiger partial charge in [-0.3, -0.25) is 0 Å². The summed E-state index contributed by atoms with van der Waals surface area (Å²) in [5, 5.41) is 12.3. The third-order valence-electron chi connectivity index (χ3n) is 9.55. The summed E-state index contributed by atoms with van der Waals surface area (Å²) in [5.41, 5.74) is 4.06. The van der Waals surface area contributed by atoms with E-state index >= 15 is 0 Å². The van der Waals surface area contributed by atoms with E-state index in [4.69, 9.17) is 19.4 Å². The third kappa shape index (κ3) is 6.85. The van der Waals surface area contributed by atoms with Crippen LogP contribution in [0.1, 0.15) is 56.9 Å². The Labute approximate surface area is 272 Å². The smallest absolute Gasteiger partial charge is 0.410 e. The number of carbonyl (C=O) groups excluding carboxylic acids is 1. The summed E-state index contributed by atoms with van der Waals surface area (Å²) < 4.78 is 12.0. The molecule has 0 aliphatic carbocycles. The standard InChI is InChI=1S/C36H47N7O3/c1-25-9-6-10-26-11-7-13-31(32(25)26)41-19-15-29-30(16-20-41)38-34(45-24-28-12-8-18-40(28)5)39-33(29)42-21-22-43(27(23-42)14-17-37)35(44)46-36(2,3)4/h6-7,9-11,13,27-28H,8,12,14-16,18-24H2,1-5H3/t27-,28+/m1/s1. The molecule has 244 valence electrons. The highest BCUT2D eigenvalue weighted by atomic mass is 16.6. The van der Waals surface area contributed by atoms with Crippen LogP contribution in [-0.4, -0.2) is 96.5 Å². The summed E-state index contributed by atoms with van der Waals surface area (Å²) in [5.74, 6) is 0.863. The van der Waals surface area contributed by atoms with E-state index in [1.165, 1.54) is 28.4 Å². The maximum absolute atomic E-state index is 13.1. The number of amides is 1. The van der Waals surface area contributed by atoms with Crippen molar-refractivity contribution >= 4 is 28.4 Å². The summed E-state index contributed by atoms with van der Waals surface area (Å²) in [6.45, 7) is 12.6. The van der Waals surface area contributed by atoms with E-state index < -0.39 is 5.60 Å². The van der Waals surface area contributed by atoms with Crippen LogP contribution in [0.5, 0.6) is 6.01 Å². The van der Waals surface area contributed by atoms with Gasteiger partial charge in [-0.05, 0) is 77.6 Å². The molecular formula is C36H47N7O3. The van der Waals surface area contributed by atoms with Crippen LogP contribution >= 0.6 is 0 Å². The zero-order chi connectivity index (χ0) is 32.4. The van der Waals surface area contributed by atoms with Gasteiger partial charge in [-0.1, -0.05) is 30.3 Å². The van der Waals surface area contributed by atoms with Crippen LogP contribution in [0.25, 0.3) is 10.8 Å². The zero-order valence-corrected chi connectivity index (χ0v) is 28.0. The molecule has 4 heterocycles. The molecule has 0 N–H and O–H groups in total. The molecular weight excluding hydrogens is 578 g/mol. The molecule has 6 rings (SSSR count). The van der Waals surface area contributed by atoms with Gasteiger partial charge in [0, 0.05) is 61.8 Å². The van der Waals surface area contributed by atoms with Crippen molar-refractivity contribution in [3.8, 4) is 12.1 Å². The zero-order valence-electron chi connectivity index (χ0n) is 28.0. The number of rotatable bonds is 6. The normalized spacial score (nSPS) is 20.7. The van der Waals surface area contributed by atoms with Gasteiger partial charge in [0.1, 0.15) is 18.0 Å². The molecule has 1 amide bonds. The quantitative estimate of drug-likeness (QED) is 0.359. The van der Waals surface area contributed by atoms with Gasteiger partial charge in [-0.15, -0.1) is 0 Å². The number of hydrogen-bond acceptors (Lipinski definition) is 9. The number of likely N-dealkylation sites (tertiary alicyclic amines) is 1. The fraction of sp³-hybridized carbons (Fsp3) is 0.556. The van der Waals surface area contributed by atoms with Crippen molar-refractivity contribution in [3.05, 3.63) is 53.2 Å². The van der Waals surface area contributed by atoms with Gasteiger partial charge in [0.05, 0.1) is 24.2 Å². The van der Waals surface area contributed by atoms with E-state index in [9.17, 15) is 10.1 Å². The topological polar surface area (TPSA) is 98.1 Å². The number of hydrogen-bond donors (Lipinski definition) is 0. The summed E-state index contributed by atoms with van der Waals surface area (Å²) in [7, 11) is 2.15. The maximum Gasteiger partial charge on any atom is 0.410 e. The number of anilines is 2. The number of nitrogens with zero attached hydrogens (tertiary/aromatic N) is 7. The lowest BCUT2D eigenvalue weighted by molar-refractivity contribution is 0.0144. The Bertz CT molecular complexity index is 1610. The molecule has 2 saturated heterocycles. The summed E-state index contributed by atoms with van der Waals surface area (Å²) in [4.78, 5) is 32.0. The molecule has 0 bridgehead atoms. The third-order valence-corrected chi connectivity index (χ3v) is 9.55. The first-order chi connectivity index (χ1) is 22.1. The highest BCUT2D eigenvalue weighted by Gasteiger charge is 2.36. The minimum absolute atomic E-state index is 0.217. The van der Waals surface area contributed by atoms with Crippen LogP contribution in [-0.2, 0) is 17.6 Å². The number of aromatic nitrogens is 2.